The number of ether oxygens (including phenoxy) is 1. The maximum Gasteiger partial charge on any atom is 0.333 e. The second kappa shape index (κ2) is 13.8. The summed E-state index contributed by atoms with van der Waals surface area (Å²) in [6.45, 7) is 5.98. The molecule has 4 heteroatoms. The SMILES string of the molecule is C=C(CCCCCCC(Br)C(Br)CCCCC)C(=O)OC. The number of halogens is 2. The maximum atomic E-state index is 11.2. The van der Waals surface area contributed by atoms with E-state index in [0.29, 0.717) is 15.2 Å². The number of methoxy groups -OCH3 is 1. The molecule has 124 valence electrons. The molecule has 0 N–H and O–H groups in total. The van der Waals surface area contributed by atoms with Gasteiger partial charge in [0.2, 0.25) is 0 Å². The lowest BCUT2D eigenvalue weighted by Gasteiger charge is -2.16. The lowest BCUT2D eigenvalue weighted by atomic mass is 10.0. The Bertz CT molecular complexity index is 293. The third-order valence-corrected chi connectivity index (χ3v) is 6.56. The average molecular weight is 426 g/mol. The molecule has 0 bridgehead atoms. The minimum atomic E-state index is -0.273. The van der Waals surface area contributed by atoms with Gasteiger partial charge in [-0.2, -0.15) is 0 Å². The number of hydrogen-bond acceptors (Lipinski definition) is 2. The summed E-state index contributed by atoms with van der Waals surface area (Å²) in [7, 11) is 1.40. The number of alkyl halides is 2. The zero-order valence-electron chi connectivity index (χ0n) is 13.5. The summed E-state index contributed by atoms with van der Waals surface area (Å²) in [5.74, 6) is -0.273. The quantitative estimate of drug-likeness (QED) is 0.153. The second-order valence-corrected chi connectivity index (χ2v) is 7.93. The maximum absolute atomic E-state index is 11.2. The number of carbonyl (C=O) groups is 1. The van der Waals surface area contributed by atoms with Gasteiger partial charge < -0.3 is 4.74 Å². The second-order valence-electron chi connectivity index (χ2n) is 5.58. The molecule has 0 amide bonds. The van der Waals surface area contributed by atoms with Crippen LogP contribution in [-0.4, -0.2) is 22.7 Å². The van der Waals surface area contributed by atoms with E-state index < -0.39 is 0 Å². The van der Waals surface area contributed by atoms with Crippen molar-refractivity contribution in [3.63, 3.8) is 0 Å². The van der Waals surface area contributed by atoms with Crippen molar-refractivity contribution in [2.75, 3.05) is 7.11 Å². The van der Waals surface area contributed by atoms with Gasteiger partial charge in [-0.05, 0) is 25.7 Å². The van der Waals surface area contributed by atoms with Crippen LogP contribution in [0.3, 0.4) is 0 Å². The number of esters is 1. The number of hydrogen-bond donors (Lipinski definition) is 0. The highest BCUT2D eigenvalue weighted by molar-refractivity contribution is 9.12. The lowest BCUT2D eigenvalue weighted by molar-refractivity contribution is -0.136. The Hall–Kier alpha value is 0.170. The summed E-state index contributed by atoms with van der Waals surface area (Å²) < 4.78 is 4.64. The fraction of sp³-hybridized carbons (Fsp3) is 0.824. The van der Waals surface area contributed by atoms with Crippen molar-refractivity contribution < 1.29 is 9.53 Å². The Kier molecular flexibility index (Phi) is 13.9. The van der Waals surface area contributed by atoms with Gasteiger partial charge in [-0.25, -0.2) is 4.79 Å². The molecule has 0 rings (SSSR count). The third-order valence-electron chi connectivity index (χ3n) is 3.66. The Morgan fingerprint density at radius 1 is 1.00 bits per heavy atom. The van der Waals surface area contributed by atoms with Gasteiger partial charge in [-0.15, -0.1) is 0 Å². The molecule has 0 aliphatic heterocycles. The first kappa shape index (κ1) is 21.2. The van der Waals surface area contributed by atoms with Crippen LogP contribution in [-0.2, 0) is 9.53 Å². The van der Waals surface area contributed by atoms with E-state index in [2.05, 4.69) is 50.1 Å². The predicted octanol–water partition coefficient (Wildman–Crippen LogP) is 6.16. The largest absolute Gasteiger partial charge is 0.466 e. The molecule has 0 aliphatic rings. The molecule has 0 heterocycles. The molecular weight excluding hydrogens is 396 g/mol. The van der Waals surface area contributed by atoms with E-state index in [-0.39, 0.29) is 5.97 Å². The van der Waals surface area contributed by atoms with Crippen molar-refractivity contribution in [1.82, 2.24) is 0 Å². The van der Waals surface area contributed by atoms with Crippen molar-refractivity contribution in [3.8, 4) is 0 Å². The molecule has 0 fully saturated rings. The van der Waals surface area contributed by atoms with Gasteiger partial charge in [0.15, 0.2) is 0 Å². The Labute approximate surface area is 147 Å². The van der Waals surface area contributed by atoms with Gasteiger partial charge in [0, 0.05) is 15.2 Å². The van der Waals surface area contributed by atoms with Crippen LogP contribution in [0.15, 0.2) is 12.2 Å². The molecule has 2 atom stereocenters. The van der Waals surface area contributed by atoms with Crippen LogP contribution < -0.4 is 0 Å². The van der Waals surface area contributed by atoms with Crippen molar-refractivity contribution in [2.45, 2.75) is 80.8 Å². The molecule has 0 aromatic heterocycles. The highest BCUT2D eigenvalue weighted by Crippen LogP contribution is 2.25. The Balaban J connectivity index is 3.53. The van der Waals surface area contributed by atoms with Crippen LogP contribution >= 0.6 is 31.9 Å². The van der Waals surface area contributed by atoms with Gasteiger partial charge in [0.1, 0.15) is 0 Å². The monoisotopic (exact) mass is 424 g/mol. The lowest BCUT2D eigenvalue weighted by Crippen LogP contribution is -2.13. The van der Waals surface area contributed by atoms with Gasteiger partial charge >= 0.3 is 5.97 Å². The van der Waals surface area contributed by atoms with Crippen LogP contribution in [0.4, 0.5) is 0 Å². The van der Waals surface area contributed by atoms with Gasteiger partial charge in [-0.1, -0.05) is 83.9 Å². The summed E-state index contributed by atoms with van der Waals surface area (Å²) in [5.41, 5.74) is 0.590. The smallest absolute Gasteiger partial charge is 0.333 e. The van der Waals surface area contributed by atoms with E-state index in [9.17, 15) is 4.79 Å². The summed E-state index contributed by atoms with van der Waals surface area (Å²) in [4.78, 5) is 12.3. The molecule has 0 aromatic rings. The molecule has 2 nitrogen and oxygen atoms in total. The van der Waals surface area contributed by atoms with E-state index in [4.69, 9.17) is 0 Å². The van der Waals surface area contributed by atoms with Crippen LogP contribution in [0.2, 0.25) is 0 Å². The van der Waals surface area contributed by atoms with E-state index >= 15 is 0 Å². The van der Waals surface area contributed by atoms with Crippen LogP contribution in [0, 0.1) is 0 Å². The number of rotatable bonds is 13. The Morgan fingerprint density at radius 3 is 2.05 bits per heavy atom. The first-order valence-electron chi connectivity index (χ1n) is 8.07. The molecule has 0 aromatic carbocycles. The molecule has 21 heavy (non-hydrogen) atoms. The van der Waals surface area contributed by atoms with E-state index in [1.54, 1.807) is 0 Å². The zero-order valence-corrected chi connectivity index (χ0v) is 16.7. The van der Waals surface area contributed by atoms with Gasteiger partial charge in [-0.3, -0.25) is 0 Å². The van der Waals surface area contributed by atoms with Crippen molar-refractivity contribution in [1.29, 1.82) is 0 Å². The molecular formula is C17H30Br2O2. The van der Waals surface area contributed by atoms with Gasteiger partial charge in [0.05, 0.1) is 7.11 Å². The topological polar surface area (TPSA) is 26.3 Å². The van der Waals surface area contributed by atoms with Gasteiger partial charge in [0.25, 0.3) is 0 Å². The van der Waals surface area contributed by atoms with Crippen LogP contribution in [0.25, 0.3) is 0 Å². The molecule has 0 saturated heterocycles. The van der Waals surface area contributed by atoms with Crippen LogP contribution in [0.1, 0.15) is 71.1 Å². The van der Waals surface area contributed by atoms with Crippen molar-refractivity contribution in [2.24, 2.45) is 0 Å². The number of carbonyl (C=O) groups excluding carboxylic acids is 1. The summed E-state index contributed by atoms with van der Waals surface area (Å²) in [5, 5.41) is 0. The summed E-state index contributed by atoms with van der Waals surface area (Å²) >= 11 is 7.58. The minimum Gasteiger partial charge on any atom is -0.466 e. The molecule has 0 radical (unpaired) electrons. The zero-order chi connectivity index (χ0) is 16.1. The fourth-order valence-corrected chi connectivity index (χ4v) is 3.40. The molecule has 0 aliphatic carbocycles. The number of unbranched alkanes of at least 4 members (excludes halogenated alkanes) is 5. The minimum absolute atomic E-state index is 0.273. The van der Waals surface area contributed by atoms with Crippen LogP contribution in [0.5, 0.6) is 0 Å². The normalized spacial score (nSPS) is 13.7. The first-order chi connectivity index (χ1) is 10.0. The highest BCUT2D eigenvalue weighted by atomic mass is 79.9. The van der Waals surface area contributed by atoms with Crippen molar-refractivity contribution >= 4 is 37.8 Å². The summed E-state index contributed by atoms with van der Waals surface area (Å²) in [6, 6.07) is 0. The highest BCUT2D eigenvalue weighted by Gasteiger charge is 2.14. The predicted molar refractivity (Wildman–Crippen MR) is 98.4 cm³/mol. The van der Waals surface area contributed by atoms with E-state index in [1.165, 1.54) is 52.1 Å². The molecule has 0 spiro atoms. The Morgan fingerprint density at radius 2 is 1.52 bits per heavy atom. The van der Waals surface area contributed by atoms with E-state index in [1.807, 2.05) is 0 Å². The van der Waals surface area contributed by atoms with E-state index in [0.717, 1.165) is 19.3 Å². The molecule has 0 saturated carbocycles. The fourth-order valence-electron chi connectivity index (χ4n) is 2.23. The summed E-state index contributed by atoms with van der Waals surface area (Å²) in [6.07, 6.45) is 11.8. The average Bonchev–Trinajstić information content (AvgIpc) is 2.49. The third kappa shape index (κ3) is 11.4. The first-order valence-corrected chi connectivity index (χ1v) is 9.90. The van der Waals surface area contributed by atoms with Crippen molar-refractivity contribution in [3.05, 3.63) is 12.2 Å². The standard InChI is InChI=1S/C17H30Br2O2/c1-4-5-8-12-15(18)16(19)13-10-7-6-9-11-14(2)17(20)21-3/h15-16H,2,4-13H2,1,3H3. The molecule has 2 unspecified atom stereocenters.